The minimum atomic E-state index is 0.345. The Hall–Kier alpha value is -0.610. The lowest BCUT2D eigenvalue weighted by Gasteiger charge is -2.32. The second-order valence-electron chi connectivity index (χ2n) is 5.65. The molecule has 2 aliphatic rings. The molecule has 0 aromatic carbocycles. The Morgan fingerprint density at radius 2 is 2.06 bits per heavy atom. The first kappa shape index (κ1) is 13.8. The molecule has 104 valence electrons. The highest BCUT2D eigenvalue weighted by Crippen LogP contribution is 2.23. The molecule has 0 aromatic heterocycles. The molecule has 2 aliphatic heterocycles. The van der Waals surface area contributed by atoms with Gasteiger partial charge in [-0.15, -0.1) is 0 Å². The van der Waals surface area contributed by atoms with Crippen LogP contribution in [-0.4, -0.2) is 50.7 Å². The fourth-order valence-electron chi connectivity index (χ4n) is 2.94. The van der Waals surface area contributed by atoms with E-state index in [0.29, 0.717) is 18.2 Å². The molecule has 1 amide bonds. The molecule has 2 fully saturated rings. The van der Waals surface area contributed by atoms with Crippen LogP contribution in [0.15, 0.2) is 0 Å². The van der Waals surface area contributed by atoms with Crippen LogP contribution in [0.3, 0.4) is 0 Å². The van der Waals surface area contributed by atoms with Crippen molar-refractivity contribution >= 4 is 5.91 Å². The van der Waals surface area contributed by atoms with Crippen molar-refractivity contribution in [1.29, 1.82) is 0 Å². The fourth-order valence-corrected chi connectivity index (χ4v) is 2.94. The number of piperidine rings is 1. The summed E-state index contributed by atoms with van der Waals surface area (Å²) in [5.74, 6) is 1.62. The maximum atomic E-state index is 12.1. The van der Waals surface area contributed by atoms with Crippen LogP contribution in [-0.2, 0) is 9.53 Å². The molecule has 1 atom stereocenters. The predicted molar refractivity (Wildman–Crippen MR) is 71.4 cm³/mol. The van der Waals surface area contributed by atoms with Gasteiger partial charge in [0, 0.05) is 32.7 Å². The third-order valence-electron chi connectivity index (χ3n) is 4.26. The third kappa shape index (κ3) is 3.95. The molecule has 0 bridgehead atoms. The van der Waals surface area contributed by atoms with Gasteiger partial charge in [-0.25, -0.2) is 0 Å². The number of amides is 1. The number of carbonyl (C=O) groups is 1. The summed E-state index contributed by atoms with van der Waals surface area (Å²) in [5.41, 5.74) is 0. The van der Waals surface area contributed by atoms with Gasteiger partial charge >= 0.3 is 0 Å². The number of carbonyl (C=O) groups excluding carboxylic acids is 1. The van der Waals surface area contributed by atoms with Crippen molar-refractivity contribution in [2.24, 2.45) is 11.8 Å². The van der Waals surface area contributed by atoms with Crippen LogP contribution in [0.4, 0.5) is 0 Å². The van der Waals surface area contributed by atoms with Crippen LogP contribution >= 0.6 is 0 Å². The van der Waals surface area contributed by atoms with Crippen molar-refractivity contribution < 1.29 is 9.53 Å². The van der Waals surface area contributed by atoms with Crippen molar-refractivity contribution in [3.05, 3.63) is 0 Å². The van der Waals surface area contributed by atoms with E-state index in [4.69, 9.17) is 4.74 Å². The Morgan fingerprint density at radius 1 is 1.28 bits per heavy atom. The number of ether oxygens (including phenoxy) is 1. The van der Waals surface area contributed by atoms with E-state index in [1.54, 1.807) is 0 Å². The van der Waals surface area contributed by atoms with E-state index in [1.807, 2.05) is 7.05 Å². The first-order valence-electron chi connectivity index (χ1n) is 7.29. The average Bonchev–Trinajstić information content (AvgIpc) is 2.89. The summed E-state index contributed by atoms with van der Waals surface area (Å²) in [6.45, 7) is 4.63. The number of nitrogens with zero attached hydrogens (tertiary/aromatic N) is 1. The van der Waals surface area contributed by atoms with Gasteiger partial charge in [0.2, 0.25) is 5.91 Å². The summed E-state index contributed by atoms with van der Waals surface area (Å²) in [5, 5.41) is 3.20. The van der Waals surface area contributed by atoms with E-state index >= 15 is 0 Å². The maximum absolute atomic E-state index is 12.1. The standard InChI is InChI=1S/C14H26N2O2/c1-15-6-2-12-3-7-16(8-4-12)14(17)10-13-5-9-18-11-13/h12-13,15H,2-11H2,1H3. The van der Waals surface area contributed by atoms with Crippen molar-refractivity contribution in [1.82, 2.24) is 10.2 Å². The second-order valence-corrected chi connectivity index (χ2v) is 5.65. The molecule has 0 radical (unpaired) electrons. The summed E-state index contributed by atoms with van der Waals surface area (Å²) < 4.78 is 5.33. The van der Waals surface area contributed by atoms with Crippen molar-refractivity contribution in [3.63, 3.8) is 0 Å². The van der Waals surface area contributed by atoms with Gasteiger partial charge in [0.25, 0.3) is 0 Å². The Labute approximate surface area is 110 Å². The molecule has 4 heteroatoms. The molecule has 2 saturated heterocycles. The number of hydrogen-bond acceptors (Lipinski definition) is 3. The van der Waals surface area contributed by atoms with E-state index in [-0.39, 0.29) is 0 Å². The summed E-state index contributed by atoms with van der Waals surface area (Å²) in [7, 11) is 2.00. The van der Waals surface area contributed by atoms with E-state index in [1.165, 1.54) is 19.3 Å². The zero-order valence-electron chi connectivity index (χ0n) is 11.5. The molecular weight excluding hydrogens is 228 g/mol. The van der Waals surface area contributed by atoms with Gasteiger partial charge in [0.05, 0.1) is 0 Å². The second kappa shape index (κ2) is 7.10. The topological polar surface area (TPSA) is 41.6 Å². The van der Waals surface area contributed by atoms with Gasteiger partial charge in [0.15, 0.2) is 0 Å². The molecule has 0 aliphatic carbocycles. The highest BCUT2D eigenvalue weighted by atomic mass is 16.5. The Bertz CT molecular complexity index is 257. The first-order chi connectivity index (χ1) is 8.79. The number of rotatable bonds is 5. The lowest BCUT2D eigenvalue weighted by Crippen LogP contribution is -2.39. The monoisotopic (exact) mass is 254 g/mol. The summed E-state index contributed by atoms with van der Waals surface area (Å²) in [4.78, 5) is 14.2. The average molecular weight is 254 g/mol. The Balaban J connectivity index is 1.66. The quantitative estimate of drug-likeness (QED) is 0.803. The van der Waals surface area contributed by atoms with E-state index in [0.717, 1.165) is 45.2 Å². The van der Waals surface area contributed by atoms with Crippen molar-refractivity contribution in [2.45, 2.75) is 32.1 Å². The van der Waals surface area contributed by atoms with E-state index < -0.39 is 0 Å². The van der Waals surface area contributed by atoms with E-state index in [9.17, 15) is 4.79 Å². The van der Waals surface area contributed by atoms with Crippen molar-refractivity contribution in [2.75, 3.05) is 39.9 Å². The van der Waals surface area contributed by atoms with Gasteiger partial charge in [-0.1, -0.05) is 0 Å². The van der Waals surface area contributed by atoms with Gasteiger partial charge < -0.3 is 15.0 Å². The molecule has 4 nitrogen and oxygen atoms in total. The van der Waals surface area contributed by atoms with Crippen LogP contribution in [0.25, 0.3) is 0 Å². The minimum absolute atomic E-state index is 0.345. The highest BCUT2D eigenvalue weighted by molar-refractivity contribution is 5.76. The molecule has 1 unspecified atom stereocenters. The molecule has 0 spiro atoms. The van der Waals surface area contributed by atoms with Gasteiger partial charge in [-0.3, -0.25) is 4.79 Å². The van der Waals surface area contributed by atoms with Crippen LogP contribution in [0.1, 0.15) is 32.1 Å². The lowest BCUT2D eigenvalue weighted by atomic mass is 9.93. The molecule has 0 saturated carbocycles. The normalized spacial score (nSPS) is 25.6. The Morgan fingerprint density at radius 3 is 2.67 bits per heavy atom. The Kier molecular flexibility index (Phi) is 5.45. The van der Waals surface area contributed by atoms with Gasteiger partial charge in [-0.05, 0) is 51.1 Å². The zero-order chi connectivity index (χ0) is 12.8. The summed E-state index contributed by atoms with van der Waals surface area (Å²) in [6, 6.07) is 0. The summed E-state index contributed by atoms with van der Waals surface area (Å²) >= 11 is 0. The smallest absolute Gasteiger partial charge is 0.222 e. The largest absolute Gasteiger partial charge is 0.381 e. The number of hydrogen-bond donors (Lipinski definition) is 1. The molecule has 2 heterocycles. The van der Waals surface area contributed by atoms with Crippen LogP contribution in [0, 0.1) is 11.8 Å². The minimum Gasteiger partial charge on any atom is -0.381 e. The summed E-state index contributed by atoms with van der Waals surface area (Å²) in [6.07, 6.45) is 5.35. The molecule has 2 rings (SSSR count). The highest BCUT2D eigenvalue weighted by Gasteiger charge is 2.25. The van der Waals surface area contributed by atoms with Crippen molar-refractivity contribution in [3.8, 4) is 0 Å². The maximum Gasteiger partial charge on any atom is 0.222 e. The fraction of sp³-hybridized carbons (Fsp3) is 0.929. The van der Waals surface area contributed by atoms with Gasteiger partial charge in [-0.2, -0.15) is 0 Å². The first-order valence-corrected chi connectivity index (χ1v) is 7.29. The predicted octanol–water partition coefficient (Wildman–Crippen LogP) is 1.26. The van der Waals surface area contributed by atoms with Crippen LogP contribution < -0.4 is 5.32 Å². The molecular formula is C14H26N2O2. The van der Waals surface area contributed by atoms with E-state index in [2.05, 4.69) is 10.2 Å². The van der Waals surface area contributed by atoms with Gasteiger partial charge in [0.1, 0.15) is 0 Å². The SMILES string of the molecule is CNCCC1CCN(C(=O)CC2CCOC2)CC1. The van der Waals surface area contributed by atoms with Crippen LogP contribution in [0.5, 0.6) is 0 Å². The molecule has 18 heavy (non-hydrogen) atoms. The zero-order valence-corrected chi connectivity index (χ0v) is 11.5. The molecule has 1 N–H and O–H groups in total. The lowest BCUT2D eigenvalue weighted by molar-refractivity contribution is -0.133. The third-order valence-corrected chi connectivity index (χ3v) is 4.26. The molecule has 0 aromatic rings. The number of likely N-dealkylation sites (tertiary alicyclic amines) is 1. The van der Waals surface area contributed by atoms with Crippen LogP contribution in [0.2, 0.25) is 0 Å². The number of nitrogens with one attached hydrogen (secondary N) is 1.